The lowest BCUT2D eigenvalue weighted by molar-refractivity contribution is 1.02. The van der Waals surface area contributed by atoms with E-state index in [2.05, 4.69) is 9.97 Å². The third-order valence-corrected chi connectivity index (χ3v) is 2.28. The maximum Gasteiger partial charge on any atom is 0.178 e. The first-order chi connectivity index (χ1) is 6.22. The largest absolute Gasteiger partial charge is 0.224 e. The zero-order chi connectivity index (χ0) is 9.84. The van der Waals surface area contributed by atoms with Crippen molar-refractivity contribution in [1.82, 2.24) is 9.97 Å². The van der Waals surface area contributed by atoms with E-state index in [1.54, 1.807) is 18.4 Å². The van der Waals surface area contributed by atoms with E-state index < -0.39 is 0 Å². The molecule has 13 heavy (non-hydrogen) atoms. The molecule has 0 radical (unpaired) electrons. The molecule has 0 aliphatic heterocycles. The zero-order valence-electron chi connectivity index (χ0n) is 6.58. The van der Waals surface area contributed by atoms with Crippen LogP contribution in [0.25, 0.3) is 0 Å². The van der Waals surface area contributed by atoms with Gasteiger partial charge in [-0.15, -0.1) is 11.8 Å². The average molecular weight is 211 g/mol. The van der Waals surface area contributed by atoms with Gasteiger partial charge in [-0.2, -0.15) is 10.5 Å². The Morgan fingerprint density at radius 1 is 1.23 bits per heavy atom. The number of halogens is 1. The molecule has 0 bridgehead atoms. The number of nitriles is 2. The molecular formula is C7H3ClN4S. The van der Waals surface area contributed by atoms with Gasteiger partial charge in [-0.05, 0) is 6.26 Å². The number of thioether (sulfide) groups is 1. The number of aromatic nitrogens is 2. The molecule has 0 aliphatic rings. The Morgan fingerprint density at radius 2 is 1.77 bits per heavy atom. The van der Waals surface area contributed by atoms with Crippen molar-refractivity contribution in [3.05, 3.63) is 16.5 Å². The van der Waals surface area contributed by atoms with Crippen LogP contribution in [0.15, 0.2) is 5.03 Å². The number of nitrogens with zero attached hydrogens (tertiary/aromatic N) is 4. The zero-order valence-corrected chi connectivity index (χ0v) is 8.15. The van der Waals surface area contributed by atoms with Crippen LogP contribution < -0.4 is 0 Å². The molecule has 0 saturated carbocycles. The van der Waals surface area contributed by atoms with Crippen LogP contribution in [0, 0.1) is 22.7 Å². The van der Waals surface area contributed by atoms with E-state index in [-0.39, 0.29) is 16.5 Å². The van der Waals surface area contributed by atoms with Crippen molar-refractivity contribution < 1.29 is 0 Å². The summed E-state index contributed by atoms with van der Waals surface area (Å²) >= 11 is 6.96. The minimum absolute atomic E-state index is 0.0104. The monoisotopic (exact) mass is 210 g/mol. The van der Waals surface area contributed by atoms with E-state index in [4.69, 9.17) is 22.1 Å². The molecule has 0 unspecified atom stereocenters. The van der Waals surface area contributed by atoms with Crippen LogP contribution in [0.5, 0.6) is 0 Å². The summed E-state index contributed by atoms with van der Waals surface area (Å²) < 4.78 is 0. The lowest BCUT2D eigenvalue weighted by Gasteiger charge is -1.99. The van der Waals surface area contributed by atoms with Gasteiger partial charge in [-0.1, -0.05) is 11.6 Å². The van der Waals surface area contributed by atoms with Gasteiger partial charge in [-0.3, -0.25) is 0 Å². The highest BCUT2D eigenvalue weighted by atomic mass is 35.5. The molecule has 0 atom stereocenters. The SMILES string of the molecule is CSc1nc(C#N)c(C#N)nc1Cl. The molecule has 64 valence electrons. The van der Waals surface area contributed by atoms with Gasteiger partial charge in [0.15, 0.2) is 16.5 Å². The maximum atomic E-state index is 8.60. The van der Waals surface area contributed by atoms with Crippen molar-refractivity contribution in [2.24, 2.45) is 0 Å². The summed E-state index contributed by atoms with van der Waals surface area (Å²) in [5.41, 5.74) is -0.0263. The molecule has 6 heteroatoms. The third kappa shape index (κ3) is 1.89. The van der Waals surface area contributed by atoms with Gasteiger partial charge in [0.05, 0.1) is 0 Å². The molecule has 4 nitrogen and oxygen atoms in total. The van der Waals surface area contributed by atoms with Crippen molar-refractivity contribution in [3.63, 3.8) is 0 Å². The second-order valence-corrected chi connectivity index (χ2v) is 3.10. The predicted octanol–water partition coefficient (Wildman–Crippen LogP) is 1.60. The molecule has 1 rings (SSSR count). The molecule has 0 amide bonds. The summed E-state index contributed by atoms with van der Waals surface area (Å²) in [5.74, 6) is 0. The Morgan fingerprint density at radius 3 is 2.23 bits per heavy atom. The first kappa shape index (κ1) is 9.79. The van der Waals surface area contributed by atoms with Gasteiger partial charge < -0.3 is 0 Å². The molecule has 1 aromatic rings. The van der Waals surface area contributed by atoms with Crippen LogP contribution in [-0.2, 0) is 0 Å². The van der Waals surface area contributed by atoms with E-state index in [1.165, 1.54) is 11.8 Å². The summed E-state index contributed by atoms with van der Waals surface area (Å²) in [6.07, 6.45) is 1.77. The highest BCUT2D eigenvalue weighted by Crippen LogP contribution is 2.21. The molecule has 0 spiro atoms. The molecule has 0 aromatic carbocycles. The summed E-state index contributed by atoms with van der Waals surface area (Å²) in [5, 5.41) is 17.8. The van der Waals surface area contributed by atoms with E-state index in [9.17, 15) is 0 Å². The fraction of sp³-hybridized carbons (Fsp3) is 0.143. The van der Waals surface area contributed by atoms with Crippen LogP contribution >= 0.6 is 23.4 Å². The van der Waals surface area contributed by atoms with E-state index in [0.717, 1.165) is 0 Å². The molecule has 1 heterocycles. The molecular weight excluding hydrogens is 208 g/mol. The maximum absolute atomic E-state index is 8.60. The van der Waals surface area contributed by atoms with E-state index in [0.29, 0.717) is 5.03 Å². The van der Waals surface area contributed by atoms with Crippen molar-refractivity contribution in [3.8, 4) is 12.1 Å². The summed E-state index contributed by atoms with van der Waals surface area (Å²) in [4.78, 5) is 7.60. The normalized spacial score (nSPS) is 8.92. The molecule has 0 aliphatic carbocycles. The first-order valence-corrected chi connectivity index (χ1v) is 4.75. The topological polar surface area (TPSA) is 73.4 Å². The fourth-order valence-corrected chi connectivity index (χ4v) is 1.44. The molecule has 0 saturated heterocycles. The van der Waals surface area contributed by atoms with Crippen molar-refractivity contribution in [2.75, 3.05) is 6.26 Å². The van der Waals surface area contributed by atoms with Crippen molar-refractivity contribution >= 4 is 23.4 Å². The lowest BCUT2D eigenvalue weighted by Crippen LogP contribution is -1.96. The Balaban J connectivity index is 3.39. The fourth-order valence-electron chi connectivity index (χ4n) is 0.685. The molecule has 1 aromatic heterocycles. The van der Waals surface area contributed by atoms with Crippen LogP contribution in [0.1, 0.15) is 11.4 Å². The Labute approximate surface area is 84.2 Å². The van der Waals surface area contributed by atoms with E-state index >= 15 is 0 Å². The molecule has 0 fully saturated rings. The third-order valence-electron chi connectivity index (χ3n) is 1.23. The number of rotatable bonds is 1. The minimum atomic E-state index is -0.0368. The lowest BCUT2D eigenvalue weighted by atomic mass is 10.3. The number of hydrogen-bond acceptors (Lipinski definition) is 5. The first-order valence-electron chi connectivity index (χ1n) is 3.14. The highest BCUT2D eigenvalue weighted by Gasteiger charge is 2.10. The van der Waals surface area contributed by atoms with Crippen molar-refractivity contribution in [2.45, 2.75) is 5.03 Å². The quantitative estimate of drug-likeness (QED) is 0.659. The Kier molecular flexibility index (Phi) is 3.07. The van der Waals surface area contributed by atoms with E-state index in [1.807, 2.05) is 0 Å². The van der Waals surface area contributed by atoms with Crippen LogP contribution in [0.4, 0.5) is 0 Å². The van der Waals surface area contributed by atoms with Crippen LogP contribution in [0.2, 0.25) is 5.15 Å². The smallest absolute Gasteiger partial charge is 0.178 e. The summed E-state index contributed by atoms with van der Waals surface area (Å²) in [7, 11) is 0. The van der Waals surface area contributed by atoms with Gasteiger partial charge in [0, 0.05) is 0 Å². The average Bonchev–Trinajstić information content (AvgIpc) is 2.17. The minimum Gasteiger partial charge on any atom is -0.224 e. The second kappa shape index (κ2) is 4.08. The van der Waals surface area contributed by atoms with Gasteiger partial charge >= 0.3 is 0 Å². The Bertz CT molecular complexity index is 418. The van der Waals surface area contributed by atoms with Gasteiger partial charge in [0.25, 0.3) is 0 Å². The Hall–Kier alpha value is -1.30. The van der Waals surface area contributed by atoms with Crippen LogP contribution in [-0.4, -0.2) is 16.2 Å². The van der Waals surface area contributed by atoms with Gasteiger partial charge in [0.1, 0.15) is 17.2 Å². The van der Waals surface area contributed by atoms with Gasteiger partial charge in [0.2, 0.25) is 0 Å². The summed E-state index contributed by atoms with van der Waals surface area (Å²) in [6, 6.07) is 3.53. The van der Waals surface area contributed by atoms with Crippen molar-refractivity contribution in [1.29, 1.82) is 10.5 Å². The second-order valence-electron chi connectivity index (χ2n) is 1.94. The molecule has 0 N–H and O–H groups in total. The van der Waals surface area contributed by atoms with Crippen LogP contribution in [0.3, 0.4) is 0 Å². The predicted molar refractivity (Wildman–Crippen MR) is 48.3 cm³/mol. The highest BCUT2D eigenvalue weighted by molar-refractivity contribution is 7.98. The summed E-state index contributed by atoms with van der Waals surface area (Å²) in [6.45, 7) is 0. The van der Waals surface area contributed by atoms with Gasteiger partial charge in [-0.25, -0.2) is 9.97 Å². The standard InChI is InChI=1S/C7H3ClN4S/c1-13-7-6(8)11-4(2-9)5(3-10)12-7/h1H3. The number of hydrogen-bond donors (Lipinski definition) is 0.